The van der Waals surface area contributed by atoms with Crippen LogP contribution in [0.4, 0.5) is 10.1 Å². The number of aromatic amines is 1. The van der Waals surface area contributed by atoms with Crippen molar-refractivity contribution in [2.75, 3.05) is 5.32 Å². The first kappa shape index (κ1) is 14.3. The summed E-state index contributed by atoms with van der Waals surface area (Å²) < 4.78 is 13.7. The van der Waals surface area contributed by atoms with E-state index in [1.807, 2.05) is 0 Å². The smallest absolute Gasteiger partial charge is 0.255 e. The fourth-order valence-corrected chi connectivity index (χ4v) is 2.25. The van der Waals surface area contributed by atoms with Crippen molar-refractivity contribution in [1.29, 1.82) is 0 Å². The van der Waals surface area contributed by atoms with Gasteiger partial charge in [-0.1, -0.05) is 15.9 Å². The van der Waals surface area contributed by atoms with Crippen molar-refractivity contribution in [3.8, 4) is 11.4 Å². The molecule has 0 unspecified atom stereocenters. The lowest BCUT2D eigenvalue weighted by molar-refractivity contribution is 0.102. The van der Waals surface area contributed by atoms with Crippen LogP contribution >= 0.6 is 15.9 Å². The topological polar surface area (TPSA) is 83.6 Å². The molecule has 22 heavy (non-hydrogen) atoms. The second-order valence-corrected chi connectivity index (χ2v) is 5.30. The number of carbonyl (C=O) groups excluding carboxylic acids is 1. The molecule has 1 heterocycles. The van der Waals surface area contributed by atoms with E-state index in [2.05, 4.69) is 41.9 Å². The molecule has 0 atom stereocenters. The fraction of sp³-hybridized carbons (Fsp3) is 0. The van der Waals surface area contributed by atoms with Crippen LogP contribution in [0.15, 0.2) is 46.9 Å². The zero-order valence-electron chi connectivity index (χ0n) is 11.0. The first-order valence-electron chi connectivity index (χ1n) is 6.24. The molecule has 0 saturated heterocycles. The van der Waals surface area contributed by atoms with Gasteiger partial charge >= 0.3 is 0 Å². The zero-order chi connectivity index (χ0) is 15.5. The summed E-state index contributed by atoms with van der Waals surface area (Å²) in [5.74, 6) is -0.392. The average molecular weight is 362 g/mol. The Morgan fingerprint density at radius 1 is 1.18 bits per heavy atom. The molecule has 8 heteroatoms. The molecule has 2 N–H and O–H groups in total. The highest BCUT2D eigenvalue weighted by Crippen LogP contribution is 2.28. The van der Waals surface area contributed by atoms with E-state index in [9.17, 15) is 9.18 Å². The lowest BCUT2D eigenvalue weighted by Gasteiger charge is -2.09. The Bertz CT molecular complexity index is 805. The maximum atomic E-state index is 12.9. The maximum absolute atomic E-state index is 12.9. The average Bonchev–Trinajstić information content (AvgIpc) is 3.02. The SMILES string of the molecule is O=C(Nc1cc(Br)ccc1-c1nn[nH]n1)c1ccc(F)cc1. The Morgan fingerprint density at radius 2 is 1.95 bits per heavy atom. The van der Waals surface area contributed by atoms with Crippen LogP contribution in [0.5, 0.6) is 0 Å². The number of halogens is 2. The minimum absolute atomic E-state index is 0.348. The van der Waals surface area contributed by atoms with Gasteiger partial charge in [-0.2, -0.15) is 5.21 Å². The van der Waals surface area contributed by atoms with Crippen LogP contribution in [0.25, 0.3) is 11.4 Å². The monoisotopic (exact) mass is 361 g/mol. The number of tetrazole rings is 1. The van der Waals surface area contributed by atoms with Gasteiger partial charge in [-0.05, 0) is 47.7 Å². The van der Waals surface area contributed by atoms with Gasteiger partial charge in [-0.25, -0.2) is 4.39 Å². The van der Waals surface area contributed by atoms with Crippen LogP contribution in [0.3, 0.4) is 0 Å². The van der Waals surface area contributed by atoms with Crippen molar-refractivity contribution < 1.29 is 9.18 Å². The molecular formula is C14H9BrFN5O. The van der Waals surface area contributed by atoms with Gasteiger partial charge in [0.1, 0.15) is 5.82 Å². The van der Waals surface area contributed by atoms with Crippen LogP contribution in [0, 0.1) is 5.82 Å². The molecule has 0 aliphatic carbocycles. The van der Waals surface area contributed by atoms with Gasteiger partial charge in [0, 0.05) is 15.6 Å². The van der Waals surface area contributed by atoms with Gasteiger partial charge < -0.3 is 5.32 Å². The van der Waals surface area contributed by atoms with E-state index in [0.717, 1.165) is 4.47 Å². The molecular weight excluding hydrogens is 353 g/mol. The van der Waals surface area contributed by atoms with Crippen LogP contribution in [-0.2, 0) is 0 Å². The molecule has 110 valence electrons. The Morgan fingerprint density at radius 3 is 2.64 bits per heavy atom. The number of hydrogen-bond donors (Lipinski definition) is 2. The van der Waals surface area contributed by atoms with Crippen LogP contribution in [0.2, 0.25) is 0 Å². The summed E-state index contributed by atoms with van der Waals surface area (Å²) in [5, 5.41) is 16.4. The predicted octanol–water partition coefficient (Wildman–Crippen LogP) is 3.02. The van der Waals surface area contributed by atoms with Gasteiger partial charge in [0.25, 0.3) is 5.91 Å². The third-order valence-corrected chi connectivity index (χ3v) is 3.42. The van der Waals surface area contributed by atoms with Crippen molar-refractivity contribution >= 4 is 27.5 Å². The third kappa shape index (κ3) is 3.01. The van der Waals surface area contributed by atoms with E-state index in [1.54, 1.807) is 18.2 Å². The number of rotatable bonds is 3. The van der Waals surface area contributed by atoms with Crippen molar-refractivity contribution in [3.05, 3.63) is 58.3 Å². The standard InChI is InChI=1S/C14H9BrFN5O/c15-9-3-6-11(13-18-20-21-19-13)12(7-9)17-14(22)8-1-4-10(16)5-2-8/h1-7H,(H,17,22)(H,18,19,20,21). The van der Waals surface area contributed by atoms with Crippen molar-refractivity contribution in [2.24, 2.45) is 0 Å². The normalized spacial score (nSPS) is 10.5. The summed E-state index contributed by atoms with van der Waals surface area (Å²) in [7, 11) is 0. The van der Waals surface area contributed by atoms with E-state index in [4.69, 9.17) is 0 Å². The van der Waals surface area contributed by atoms with Crippen LogP contribution in [0.1, 0.15) is 10.4 Å². The number of nitrogens with one attached hydrogen (secondary N) is 2. The molecule has 0 saturated carbocycles. The van der Waals surface area contributed by atoms with Crippen molar-refractivity contribution in [1.82, 2.24) is 20.6 Å². The number of benzene rings is 2. The highest BCUT2D eigenvalue weighted by Gasteiger charge is 2.13. The summed E-state index contributed by atoms with van der Waals surface area (Å²) in [6.45, 7) is 0. The molecule has 1 aromatic heterocycles. The minimum Gasteiger partial charge on any atom is -0.321 e. The first-order chi connectivity index (χ1) is 10.6. The lowest BCUT2D eigenvalue weighted by Crippen LogP contribution is -2.12. The number of hydrogen-bond acceptors (Lipinski definition) is 4. The van der Waals surface area contributed by atoms with Gasteiger partial charge in [-0.15, -0.1) is 10.2 Å². The zero-order valence-corrected chi connectivity index (χ0v) is 12.6. The van der Waals surface area contributed by atoms with Crippen molar-refractivity contribution in [2.45, 2.75) is 0 Å². The number of H-pyrrole nitrogens is 1. The Balaban J connectivity index is 1.93. The highest BCUT2D eigenvalue weighted by atomic mass is 79.9. The highest BCUT2D eigenvalue weighted by molar-refractivity contribution is 9.10. The molecule has 0 aliphatic rings. The number of aromatic nitrogens is 4. The van der Waals surface area contributed by atoms with Crippen LogP contribution < -0.4 is 5.32 Å². The van der Waals surface area contributed by atoms with Crippen molar-refractivity contribution in [3.63, 3.8) is 0 Å². The third-order valence-electron chi connectivity index (χ3n) is 2.92. The van der Waals surface area contributed by atoms with E-state index >= 15 is 0 Å². The second kappa shape index (κ2) is 6.02. The maximum Gasteiger partial charge on any atom is 0.255 e. The molecule has 0 aliphatic heterocycles. The van der Waals surface area contributed by atoms with E-state index in [0.29, 0.717) is 22.6 Å². The van der Waals surface area contributed by atoms with E-state index < -0.39 is 5.82 Å². The number of nitrogens with zero attached hydrogens (tertiary/aromatic N) is 3. The fourth-order valence-electron chi connectivity index (χ4n) is 1.89. The van der Waals surface area contributed by atoms with Gasteiger partial charge in [0.2, 0.25) is 5.82 Å². The Kier molecular flexibility index (Phi) is 3.92. The molecule has 6 nitrogen and oxygen atoms in total. The van der Waals surface area contributed by atoms with Gasteiger partial charge in [0.05, 0.1) is 5.69 Å². The summed E-state index contributed by atoms with van der Waals surface area (Å²) in [5.41, 5.74) is 1.48. The first-order valence-corrected chi connectivity index (χ1v) is 7.03. The molecule has 3 rings (SSSR count). The largest absolute Gasteiger partial charge is 0.321 e. The quantitative estimate of drug-likeness (QED) is 0.750. The summed E-state index contributed by atoms with van der Waals surface area (Å²) in [4.78, 5) is 12.2. The number of anilines is 1. The number of amides is 1. The molecule has 0 spiro atoms. The van der Waals surface area contributed by atoms with Gasteiger partial charge in [0.15, 0.2) is 0 Å². The summed E-state index contributed by atoms with van der Waals surface area (Å²) in [6, 6.07) is 10.6. The minimum atomic E-state index is -0.397. The number of carbonyl (C=O) groups is 1. The predicted molar refractivity (Wildman–Crippen MR) is 81.7 cm³/mol. The lowest BCUT2D eigenvalue weighted by atomic mass is 10.1. The Labute approximate surface area is 132 Å². The molecule has 2 aromatic carbocycles. The van der Waals surface area contributed by atoms with Crippen LogP contribution in [-0.4, -0.2) is 26.5 Å². The van der Waals surface area contributed by atoms with E-state index in [1.165, 1.54) is 24.3 Å². The Hall–Kier alpha value is -2.61. The van der Waals surface area contributed by atoms with Gasteiger partial charge in [-0.3, -0.25) is 4.79 Å². The van der Waals surface area contributed by atoms with E-state index in [-0.39, 0.29) is 5.91 Å². The molecule has 0 fully saturated rings. The summed E-state index contributed by atoms with van der Waals surface area (Å²) in [6.07, 6.45) is 0. The molecule has 0 radical (unpaired) electrons. The molecule has 0 bridgehead atoms. The summed E-state index contributed by atoms with van der Waals surface area (Å²) >= 11 is 3.35. The second-order valence-electron chi connectivity index (χ2n) is 4.39. The molecule has 3 aromatic rings. The molecule has 1 amide bonds.